The zero-order valence-corrected chi connectivity index (χ0v) is 12.9. The second-order valence-electron chi connectivity index (χ2n) is 5.04. The Morgan fingerprint density at radius 3 is 2.71 bits per heavy atom. The third kappa shape index (κ3) is 3.07. The summed E-state index contributed by atoms with van der Waals surface area (Å²) in [4.78, 5) is 38.9. The summed E-state index contributed by atoms with van der Waals surface area (Å²) in [5, 5.41) is 2.61. The van der Waals surface area contributed by atoms with Crippen molar-refractivity contribution in [3.05, 3.63) is 74.1 Å². The number of carbonyl (C=O) groups is 1. The highest BCUT2D eigenvalue weighted by molar-refractivity contribution is 6.31. The van der Waals surface area contributed by atoms with Crippen LogP contribution in [0, 0.1) is 5.82 Å². The molecule has 2 aromatic carbocycles. The number of aromatic amines is 1. The summed E-state index contributed by atoms with van der Waals surface area (Å²) in [6.07, 6.45) is 0. The molecule has 24 heavy (non-hydrogen) atoms. The quantitative estimate of drug-likeness (QED) is 0.761. The lowest BCUT2D eigenvalue weighted by atomic mass is 10.2. The number of rotatable bonds is 3. The number of hydrogen-bond acceptors (Lipinski definition) is 3. The Labute approximate surface area is 139 Å². The summed E-state index contributed by atoms with van der Waals surface area (Å²) in [6, 6.07) is 10.2. The summed E-state index contributed by atoms with van der Waals surface area (Å²) in [7, 11) is 0. The third-order valence-corrected chi connectivity index (χ3v) is 3.68. The molecule has 0 saturated heterocycles. The van der Waals surface area contributed by atoms with Crippen LogP contribution in [0.15, 0.2) is 52.1 Å². The summed E-state index contributed by atoms with van der Waals surface area (Å²) in [6.45, 7) is -0.478. The molecular formula is C16H11ClFN3O3. The average molecular weight is 348 g/mol. The molecule has 1 aromatic heterocycles. The molecule has 3 aromatic rings. The van der Waals surface area contributed by atoms with E-state index in [1.807, 2.05) is 0 Å². The van der Waals surface area contributed by atoms with Crippen LogP contribution >= 0.6 is 11.6 Å². The van der Waals surface area contributed by atoms with E-state index in [9.17, 15) is 18.8 Å². The smallest absolute Gasteiger partial charge is 0.324 e. The van der Waals surface area contributed by atoms with Crippen molar-refractivity contribution in [2.75, 3.05) is 5.32 Å². The number of nitrogens with one attached hydrogen (secondary N) is 2. The molecule has 3 rings (SSSR count). The molecular weight excluding hydrogens is 337 g/mol. The van der Waals surface area contributed by atoms with Crippen molar-refractivity contribution in [2.45, 2.75) is 6.54 Å². The SMILES string of the molecule is O=C(Cn1c(=O)[nH]c2ccccc2c1=O)Nc1ccc(F)c(Cl)c1. The van der Waals surface area contributed by atoms with Crippen molar-refractivity contribution in [1.29, 1.82) is 0 Å². The normalized spacial score (nSPS) is 10.8. The molecule has 0 bridgehead atoms. The second kappa shape index (κ2) is 6.29. The maximum atomic E-state index is 13.1. The first kappa shape index (κ1) is 15.9. The molecule has 8 heteroatoms. The number of aromatic nitrogens is 2. The van der Waals surface area contributed by atoms with Gasteiger partial charge in [0.15, 0.2) is 0 Å². The minimum absolute atomic E-state index is 0.145. The fourth-order valence-electron chi connectivity index (χ4n) is 2.26. The van der Waals surface area contributed by atoms with E-state index in [-0.39, 0.29) is 10.7 Å². The first-order valence-electron chi connectivity index (χ1n) is 6.92. The lowest BCUT2D eigenvalue weighted by molar-refractivity contribution is -0.116. The fraction of sp³-hybridized carbons (Fsp3) is 0.0625. The molecule has 0 saturated carbocycles. The van der Waals surface area contributed by atoms with Gasteiger partial charge in [-0.1, -0.05) is 23.7 Å². The van der Waals surface area contributed by atoms with E-state index in [0.29, 0.717) is 10.9 Å². The van der Waals surface area contributed by atoms with E-state index in [0.717, 1.165) is 10.6 Å². The molecule has 2 N–H and O–H groups in total. The number of benzene rings is 2. The standard InChI is InChI=1S/C16H11ClFN3O3/c17-11-7-9(5-6-12(11)18)19-14(22)8-21-15(23)10-3-1-2-4-13(10)20-16(21)24/h1-7H,8H2,(H,19,22)(H,20,24). The van der Waals surface area contributed by atoms with Crippen molar-refractivity contribution in [3.8, 4) is 0 Å². The maximum absolute atomic E-state index is 13.1. The fourth-order valence-corrected chi connectivity index (χ4v) is 2.44. The van der Waals surface area contributed by atoms with Gasteiger partial charge in [0.1, 0.15) is 12.4 Å². The highest BCUT2D eigenvalue weighted by Crippen LogP contribution is 2.19. The first-order valence-corrected chi connectivity index (χ1v) is 7.30. The van der Waals surface area contributed by atoms with Gasteiger partial charge in [-0.25, -0.2) is 9.18 Å². The largest absolute Gasteiger partial charge is 0.329 e. The van der Waals surface area contributed by atoms with Gasteiger partial charge in [-0.15, -0.1) is 0 Å². The Morgan fingerprint density at radius 1 is 1.21 bits per heavy atom. The minimum atomic E-state index is -0.689. The average Bonchev–Trinajstić information content (AvgIpc) is 2.55. The Kier molecular flexibility index (Phi) is 4.18. The van der Waals surface area contributed by atoms with E-state index in [4.69, 9.17) is 11.6 Å². The minimum Gasteiger partial charge on any atom is -0.324 e. The molecule has 0 atom stereocenters. The van der Waals surface area contributed by atoms with Gasteiger partial charge in [0.25, 0.3) is 5.56 Å². The van der Waals surface area contributed by atoms with E-state index < -0.39 is 29.5 Å². The number of anilines is 1. The van der Waals surface area contributed by atoms with Gasteiger partial charge >= 0.3 is 5.69 Å². The van der Waals surface area contributed by atoms with Crippen molar-refractivity contribution < 1.29 is 9.18 Å². The highest BCUT2D eigenvalue weighted by atomic mass is 35.5. The molecule has 0 aliphatic heterocycles. The number of amides is 1. The zero-order chi connectivity index (χ0) is 17.3. The second-order valence-corrected chi connectivity index (χ2v) is 5.45. The van der Waals surface area contributed by atoms with Crippen LogP contribution in [0.5, 0.6) is 0 Å². The third-order valence-electron chi connectivity index (χ3n) is 3.39. The van der Waals surface area contributed by atoms with Crippen molar-refractivity contribution in [1.82, 2.24) is 9.55 Å². The number of hydrogen-bond donors (Lipinski definition) is 2. The van der Waals surface area contributed by atoms with E-state index >= 15 is 0 Å². The Morgan fingerprint density at radius 2 is 1.96 bits per heavy atom. The van der Waals surface area contributed by atoms with E-state index in [1.165, 1.54) is 12.1 Å². The Bertz CT molecular complexity index is 1060. The lowest BCUT2D eigenvalue weighted by Gasteiger charge is -2.08. The van der Waals surface area contributed by atoms with Crippen LogP contribution in [0.25, 0.3) is 10.9 Å². The number of nitrogens with zero attached hydrogens (tertiary/aromatic N) is 1. The lowest BCUT2D eigenvalue weighted by Crippen LogP contribution is -2.38. The number of para-hydroxylation sites is 1. The molecule has 6 nitrogen and oxygen atoms in total. The molecule has 1 amide bonds. The van der Waals surface area contributed by atoms with Gasteiger partial charge in [0, 0.05) is 5.69 Å². The molecule has 0 aliphatic carbocycles. The molecule has 0 aliphatic rings. The van der Waals surface area contributed by atoms with E-state index in [1.54, 1.807) is 24.3 Å². The van der Waals surface area contributed by atoms with Crippen molar-refractivity contribution >= 4 is 34.1 Å². The van der Waals surface area contributed by atoms with Crippen LogP contribution in [-0.4, -0.2) is 15.5 Å². The number of carbonyl (C=O) groups excluding carboxylic acids is 1. The molecule has 0 spiro atoms. The van der Waals surface area contributed by atoms with Gasteiger partial charge in [-0.2, -0.15) is 0 Å². The Hall–Kier alpha value is -2.93. The van der Waals surface area contributed by atoms with Gasteiger partial charge in [0.05, 0.1) is 15.9 Å². The predicted molar refractivity (Wildman–Crippen MR) is 88.9 cm³/mol. The van der Waals surface area contributed by atoms with Crippen LogP contribution < -0.4 is 16.6 Å². The van der Waals surface area contributed by atoms with Crippen LogP contribution in [-0.2, 0) is 11.3 Å². The topological polar surface area (TPSA) is 84.0 Å². The molecule has 0 unspecified atom stereocenters. The molecule has 0 radical (unpaired) electrons. The van der Waals surface area contributed by atoms with Crippen LogP contribution in [0.1, 0.15) is 0 Å². The Balaban J connectivity index is 1.89. The summed E-state index contributed by atoms with van der Waals surface area (Å²) < 4.78 is 13.9. The van der Waals surface area contributed by atoms with Gasteiger partial charge < -0.3 is 10.3 Å². The number of H-pyrrole nitrogens is 1. The van der Waals surface area contributed by atoms with Gasteiger partial charge in [-0.3, -0.25) is 14.2 Å². The maximum Gasteiger partial charge on any atom is 0.329 e. The van der Waals surface area contributed by atoms with Gasteiger partial charge in [-0.05, 0) is 30.3 Å². The summed E-state index contributed by atoms with van der Waals surface area (Å²) in [5.41, 5.74) is -0.598. The van der Waals surface area contributed by atoms with Crippen LogP contribution in [0.3, 0.4) is 0 Å². The van der Waals surface area contributed by atoms with E-state index in [2.05, 4.69) is 10.3 Å². The zero-order valence-electron chi connectivity index (χ0n) is 12.2. The predicted octanol–water partition coefficient (Wildman–Crippen LogP) is 2.12. The summed E-state index contributed by atoms with van der Waals surface area (Å²) >= 11 is 5.64. The molecule has 122 valence electrons. The van der Waals surface area contributed by atoms with Gasteiger partial charge in [0.2, 0.25) is 5.91 Å². The molecule has 1 heterocycles. The van der Waals surface area contributed by atoms with Crippen molar-refractivity contribution in [3.63, 3.8) is 0 Å². The monoisotopic (exact) mass is 347 g/mol. The van der Waals surface area contributed by atoms with Crippen LogP contribution in [0.2, 0.25) is 5.02 Å². The first-order chi connectivity index (χ1) is 11.5. The molecule has 0 fully saturated rings. The number of halogens is 2. The highest BCUT2D eigenvalue weighted by Gasteiger charge is 2.12. The van der Waals surface area contributed by atoms with Crippen LogP contribution in [0.4, 0.5) is 10.1 Å². The number of fused-ring (bicyclic) bond motifs is 1. The summed E-state index contributed by atoms with van der Waals surface area (Å²) in [5.74, 6) is -1.22. The van der Waals surface area contributed by atoms with Crippen molar-refractivity contribution in [2.24, 2.45) is 0 Å².